The van der Waals surface area contributed by atoms with E-state index in [1.807, 2.05) is 6.07 Å². The number of nitrogens with two attached hydrogens (primary N) is 1. The van der Waals surface area contributed by atoms with E-state index in [0.717, 1.165) is 24.8 Å². The fourth-order valence-electron chi connectivity index (χ4n) is 1.92. The summed E-state index contributed by atoms with van der Waals surface area (Å²) in [4.78, 5) is 0. The fraction of sp³-hybridized carbons (Fsp3) is 0.455. The van der Waals surface area contributed by atoms with E-state index in [1.54, 1.807) is 6.07 Å². The highest BCUT2D eigenvalue weighted by Gasteiger charge is 2.37. The second kappa shape index (κ2) is 3.58. The van der Waals surface area contributed by atoms with Crippen LogP contribution in [0.3, 0.4) is 0 Å². The summed E-state index contributed by atoms with van der Waals surface area (Å²) in [5, 5.41) is 10.1. The van der Waals surface area contributed by atoms with E-state index < -0.39 is 0 Å². The van der Waals surface area contributed by atoms with Crippen molar-refractivity contribution in [1.82, 2.24) is 0 Å². The van der Waals surface area contributed by atoms with E-state index in [9.17, 15) is 5.11 Å². The van der Waals surface area contributed by atoms with Gasteiger partial charge in [0.05, 0.1) is 12.1 Å². The zero-order valence-electron chi connectivity index (χ0n) is 8.59. The van der Waals surface area contributed by atoms with Crippen LogP contribution < -0.4 is 10.5 Å². The fourth-order valence-corrected chi connectivity index (χ4v) is 2.27. The third kappa shape index (κ3) is 1.56. The van der Waals surface area contributed by atoms with Gasteiger partial charge in [0.1, 0.15) is 0 Å². The third-order valence-electron chi connectivity index (χ3n) is 3.08. The molecule has 15 heavy (non-hydrogen) atoms. The number of rotatable bonds is 2. The van der Waals surface area contributed by atoms with Crippen LogP contribution in [0.1, 0.15) is 24.8 Å². The number of aromatic hydroxyl groups is 1. The first kappa shape index (κ1) is 10.6. The maximum atomic E-state index is 9.75. The van der Waals surface area contributed by atoms with Gasteiger partial charge in [-0.15, -0.1) is 0 Å². The van der Waals surface area contributed by atoms with E-state index in [2.05, 4.69) is 0 Å². The average molecular weight is 228 g/mol. The van der Waals surface area contributed by atoms with Gasteiger partial charge in [-0.05, 0) is 30.9 Å². The van der Waals surface area contributed by atoms with Gasteiger partial charge in [-0.2, -0.15) is 0 Å². The largest absolute Gasteiger partial charge is 0.503 e. The highest BCUT2D eigenvalue weighted by molar-refractivity contribution is 6.33. The minimum atomic E-state index is -0.360. The summed E-state index contributed by atoms with van der Waals surface area (Å²) < 4.78 is 4.97. The lowest BCUT2D eigenvalue weighted by Crippen LogP contribution is -2.43. The summed E-state index contributed by atoms with van der Waals surface area (Å²) in [6.45, 7) is 0. The first-order chi connectivity index (χ1) is 7.08. The molecule has 1 aliphatic rings. The van der Waals surface area contributed by atoms with Crippen molar-refractivity contribution in [3.05, 3.63) is 22.7 Å². The van der Waals surface area contributed by atoms with Gasteiger partial charge >= 0.3 is 0 Å². The van der Waals surface area contributed by atoms with Crippen molar-refractivity contribution in [3.8, 4) is 11.5 Å². The Labute approximate surface area is 93.8 Å². The average Bonchev–Trinajstić information content (AvgIpc) is 2.19. The summed E-state index contributed by atoms with van der Waals surface area (Å²) in [5.74, 6) is 0.361. The molecule has 0 bridgehead atoms. The molecule has 0 radical (unpaired) electrons. The molecule has 0 spiro atoms. The molecule has 82 valence electrons. The molecule has 1 aliphatic carbocycles. The Balaban J connectivity index is 2.46. The normalized spacial score (nSPS) is 18.3. The monoisotopic (exact) mass is 227 g/mol. The van der Waals surface area contributed by atoms with Gasteiger partial charge in [0.25, 0.3) is 0 Å². The number of hydrogen-bond donors (Lipinski definition) is 2. The summed E-state index contributed by atoms with van der Waals surface area (Å²) in [7, 11) is 1.49. The SMILES string of the molecule is COc1ccc(C2(N)CCC2)c(Cl)c1O. The van der Waals surface area contributed by atoms with E-state index in [4.69, 9.17) is 22.1 Å². The van der Waals surface area contributed by atoms with Gasteiger partial charge in [-0.1, -0.05) is 17.7 Å². The zero-order valence-corrected chi connectivity index (χ0v) is 9.34. The Morgan fingerprint density at radius 1 is 1.47 bits per heavy atom. The predicted molar refractivity (Wildman–Crippen MR) is 59.4 cm³/mol. The predicted octanol–water partition coefficient (Wildman–Crippen LogP) is 2.39. The maximum Gasteiger partial charge on any atom is 0.177 e. The van der Waals surface area contributed by atoms with Crippen LogP contribution in [0, 0.1) is 0 Å². The van der Waals surface area contributed by atoms with Gasteiger partial charge in [0.15, 0.2) is 11.5 Å². The van der Waals surface area contributed by atoms with Crippen LogP contribution in [-0.2, 0) is 5.54 Å². The van der Waals surface area contributed by atoms with Gasteiger partial charge in [-0.3, -0.25) is 0 Å². The van der Waals surface area contributed by atoms with E-state index in [-0.39, 0.29) is 11.3 Å². The summed E-state index contributed by atoms with van der Waals surface area (Å²) >= 11 is 6.06. The number of phenolic OH excluding ortho intramolecular Hbond substituents is 1. The van der Waals surface area contributed by atoms with Crippen molar-refractivity contribution >= 4 is 11.6 Å². The number of benzene rings is 1. The van der Waals surface area contributed by atoms with E-state index >= 15 is 0 Å². The first-order valence-corrected chi connectivity index (χ1v) is 5.31. The molecule has 1 fully saturated rings. The second-order valence-electron chi connectivity index (χ2n) is 3.99. The quantitative estimate of drug-likeness (QED) is 0.816. The standard InChI is InChI=1S/C11H14ClNO2/c1-15-8-4-3-7(9(12)10(8)14)11(13)5-2-6-11/h3-4,14H,2,5-6,13H2,1H3. The second-order valence-corrected chi connectivity index (χ2v) is 4.37. The minimum Gasteiger partial charge on any atom is -0.503 e. The molecule has 0 unspecified atom stereocenters. The molecular weight excluding hydrogens is 214 g/mol. The topological polar surface area (TPSA) is 55.5 Å². The van der Waals surface area contributed by atoms with Crippen LogP contribution >= 0.6 is 11.6 Å². The van der Waals surface area contributed by atoms with Crippen LogP contribution in [0.25, 0.3) is 0 Å². The third-order valence-corrected chi connectivity index (χ3v) is 3.46. The zero-order chi connectivity index (χ0) is 11.1. The van der Waals surface area contributed by atoms with Gasteiger partial charge in [-0.25, -0.2) is 0 Å². The van der Waals surface area contributed by atoms with Crippen LogP contribution in [0.15, 0.2) is 12.1 Å². The van der Waals surface area contributed by atoms with Crippen molar-refractivity contribution in [2.24, 2.45) is 5.73 Å². The van der Waals surface area contributed by atoms with Gasteiger partial charge in [0, 0.05) is 5.54 Å². The van der Waals surface area contributed by atoms with Crippen LogP contribution in [0.5, 0.6) is 11.5 Å². The number of hydrogen-bond acceptors (Lipinski definition) is 3. The Kier molecular flexibility index (Phi) is 2.52. The molecule has 1 aromatic rings. The van der Waals surface area contributed by atoms with E-state index in [1.165, 1.54) is 7.11 Å². The highest BCUT2D eigenvalue weighted by Crippen LogP contribution is 2.46. The molecule has 0 amide bonds. The van der Waals surface area contributed by atoms with Crippen molar-refractivity contribution < 1.29 is 9.84 Å². The highest BCUT2D eigenvalue weighted by atomic mass is 35.5. The molecule has 1 saturated carbocycles. The summed E-state index contributed by atoms with van der Waals surface area (Å²) in [5.41, 5.74) is 6.60. The van der Waals surface area contributed by atoms with Gasteiger partial charge < -0.3 is 15.6 Å². The minimum absolute atomic E-state index is 0.0200. The molecule has 1 aromatic carbocycles. The van der Waals surface area contributed by atoms with Crippen molar-refractivity contribution in [2.45, 2.75) is 24.8 Å². The van der Waals surface area contributed by atoms with E-state index in [0.29, 0.717) is 10.8 Å². The molecule has 4 heteroatoms. The molecule has 0 atom stereocenters. The molecule has 0 aromatic heterocycles. The van der Waals surface area contributed by atoms with Crippen LogP contribution in [0.2, 0.25) is 5.02 Å². The molecule has 3 N–H and O–H groups in total. The smallest absolute Gasteiger partial charge is 0.177 e. The molecular formula is C11H14ClNO2. The Morgan fingerprint density at radius 3 is 2.60 bits per heavy atom. The number of ether oxygens (including phenoxy) is 1. The van der Waals surface area contributed by atoms with Crippen LogP contribution in [-0.4, -0.2) is 12.2 Å². The first-order valence-electron chi connectivity index (χ1n) is 4.93. The van der Waals surface area contributed by atoms with Crippen LogP contribution in [0.4, 0.5) is 0 Å². The van der Waals surface area contributed by atoms with Crippen molar-refractivity contribution in [1.29, 1.82) is 0 Å². The maximum absolute atomic E-state index is 9.75. The molecule has 0 aliphatic heterocycles. The lowest BCUT2D eigenvalue weighted by molar-refractivity contribution is 0.252. The molecule has 0 saturated heterocycles. The number of phenols is 1. The van der Waals surface area contributed by atoms with Crippen molar-refractivity contribution in [2.75, 3.05) is 7.11 Å². The molecule has 0 heterocycles. The Hall–Kier alpha value is -0.930. The molecule has 2 rings (SSSR count). The number of halogens is 1. The van der Waals surface area contributed by atoms with Gasteiger partial charge in [0.2, 0.25) is 0 Å². The summed E-state index contributed by atoms with van der Waals surface area (Å²) in [6.07, 6.45) is 2.94. The Morgan fingerprint density at radius 2 is 2.13 bits per heavy atom. The Bertz CT molecular complexity index is 388. The lowest BCUT2D eigenvalue weighted by atomic mass is 9.72. The summed E-state index contributed by atoms with van der Waals surface area (Å²) in [6, 6.07) is 3.53. The lowest BCUT2D eigenvalue weighted by Gasteiger charge is -2.39. The van der Waals surface area contributed by atoms with Crippen molar-refractivity contribution in [3.63, 3.8) is 0 Å². The molecule has 3 nitrogen and oxygen atoms in total. The number of methoxy groups -OCH3 is 1.